The fraction of sp³-hybridized carbons (Fsp3) is 0.889. The minimum absolute atomic E-state index is 0.207. The second-order valence-corrected chi connectivity index (χ2v) is 3.30. The molecule has 1 heterocycles. The number of amides is 1. The highest BCUT2D eigenvalue weighted by atomic mass is 16.2. The average molecular weight is 170 g/mol. The highest BCUT2D eigenvalue weighted by Crippen LogP contribution is 2.13. The molecule has 0 spiro atoms. The lowest BCUT2D eigenvalue weighted by Crippen LogP contribution is -2.60. The quantitative estimate of drug-likeness (QED) is 0.618. The average Bonchev–Trinajstić information content (AvgIpc) is 1.94. The van der Waals surface area contributed by atoms with Gasteiger partial charge in [-0.3, -0.25) is 9.69 Å². The van der Waals surface area contributed by atoms with Gasteiger partial charge in [-0.2, -0.15) is 0 Å². The summed E-state index contributed by atoms with van der Waals surface area (Å²) in [6.07, 6.45) is 0. The largest absolute Gasteiger partial charge is 0.340 e. The Balaban J connectivity index is 2.28. The lowest BCUT2D eigenvalue weighted by Gasteiger charge is -2.44. The molecular weight excluding hydrogens is 152 g/mol. The van der Waals surface area contributed by atoms with Gasteiger partial charge in [0.25, 0.3) is 0 Å². The van der Waals surface area contributed by atoms with Gasteiger partial charge in [0, 0.05) is 26.1 Å². The minimum Gasteiger partial charge on any atom is -0.340 e. The van der Waals surface area contributed by atoms with E-state index in [0.29, 0.717) is 6.04 Å². The third kappa shape index (κ3) is 1.78. The van der Waals surface area contributed by atoms with Gasteiger partial charge < -0.3 is 4.90 Å². The molecule has 1 amide bonds. The molecule has 3 nitrogen and oxygen atoms in total. The topological polar surface area (TPSA) is 23.6 Å². The van der Waals surface area contributed by atoms with Crippen LogP contribution in [0.1, 0.15) is 20.8 Å². The van der Waals surface area contributed by atoms with E-state index in [4.69, 9.17) is 0 Å². The van der Waals surface area contributed by atoms with Crippen molar-refractivity contribution in [3.8, 4) is 0 Å². The normalized spacial score (nSPS) is 18.2. The molecule has 1 fully saturated rings. The SMILES string of the molecule is CCN(CC)C1CN(C(C)=O)C1. The smallest absolute Gasteiger partial charge is 0.219 e. The van der Waals surface area contributed by atoms with Gasteiger partial charge in [0.15, 0.2) is 0 Å². The zero-order valence-electron chi connectivity index (χ0n) is 8.21. The predicted molar refractivity (Wildman–Crippen MR) is 49.0 cm³/mol. The Labute approximate surface area is 74.3 Å². The summed E-state index contributed by atoms with van der Waals surface area (Å²) >= 11 is 0. The van der Waals surface area contributed by atoms with Crippen LogP contribution in [0.2, 0.25) is 0 Å². The van der Waals surface area contributed by atoms with E-state index < -0.39 is 0 Å². The van der Waals surface area contributed by atoms with Gasteiger partial charge in [0.2, 0.25) is 5.91 Å². The van der Waals surface area contributed by atoms with Crippen LogP contribution in [0.3, 0.4) is 0 Å². The Morgan fingerprint density at radius 1 is 1.42 bits per heavy atom. The van der Waals surface area contributed by atoms with Gasteiger partial charge in [-0.25, -0.2) is 0 Å². The maximum atomic E-state index is 10.9. The molecule has 1 saturated heterocycles. The lowest BCUT2D eigenvalue weighted by molar-refractivity contribution is -0.136. The van der Waals surface area contributed by atoms with Gasteiger partial charge in [-0.15, -0.1) is 0 Å². The summed E-state index contributed by atoms with van der Waals surface area (Å²) in [6, 6.07) is 0.615. The lowest BCUT2D eigenvalue weighted by atomic mass is 10.1. The first-order valence-corrected chi connectivity index (χ1v) is 4.68. The maximum Gasteiger partial charge on any atom is 0.219 e. The highest BCUT2D eigenvalue weighted by molar-refractivity contribution is 5.74. The van der Waals surface area contributed by atoms with Crippen LogP contribution in [-0.2, 0) is 4.79 Å². The number of likely N-dealkylation sites (tertiary alicyclic amines) is 1. The molecule has 0 aliphatic carbocycles. The molecule has 3 heteroatoms. The van der Waals surface area contributed by atoms with Crippen LogP contribution in [0.15, 0.2) is 0 Å². The minimum atomic E-state index is 0.207. The van der Waals surface area contributed by atoms with E-state index in [2.05, 4.69) is 18.7 Å². The molecule has 0 aromatic carbocycles. The molecule has 0 bridgehead atoms. The second-order valence-electron chi connectivity index (χ2n) is 3.30. The molecule has 1 aliphatic heterocycles. The van der Waals surface area contributed by atoms with Gasteiger partial charge in [0.1, 0.15) is 0 Å². The van der Waals surface area contributed by atoms with Crippen molar-refractivity contribution in [1.29, 1.82) is 0 Å². The molecule has 0 unspecified atom stereocenters. The number of nitrogens with zero attached hydrogens (tertiary/aromatic N) is 2. The Hall–Kier alpha value is -0.570. The Morgan fingerprint density at radius 2 is 1.92 bits per heavy atom. The zero-order chi connectivity index (χ0) is 9.14. The summed E-state index contributed by atoms with van der Waals surface area (Å²) in [5.41, 5.74) is 0. The maximum absolute atomic E-state index is 10.9. The first-order valence-electron chi connectivity index (χ1n) is 4.68. The Bertz CT molecular complexity index is 160. The fourth-order valence-corrected chi connectivity index (χ4v) is 1.68. The molecule has 0 saturated carbocycles. The summed E-state index contributed by atoms with van der Waals surface area (Å²) in [5, 5.41) is 0. The van der Waals surface area contributed by atoms with Crippen molar-refractivity contribution in [1.82, 2.24) is 9.80 Å². The van der Waals surface area contributed by atoms with Crippen molar-refractivity contribution in [2.24, 2.45) is 0 Å². The van der Waals surface area contributed by atoms with Crippen LogP contribution in [0.5, 0.6) is 0 Å². The van der Waals surface area contributed by atoms with Crippen LogP contribution >= 0.6 is 0 Å². The van der Waals surface area contributed by atoms with Gasteiger partial charge in [-0.1, -0.05) is 13.8 Å². The molecular formula is C9H18N2O. The number of carbonyl (C=O) groups is 1. The van der Waals surface area contributed by atoms with E-state index in [1.807, 2.05) is 4.90 Å². The van der Waals surface area contributed by atoms with Crippen molar-refractivity contribution in [3.05, 3.63) is 0 Å². The van der Waals surface area contributed by atoms with E-state index in [0.717, 1.165) is 26.2 Å². The second kappa shape index (κ2) is 3.90. The summed E-state index contributed by atoms with van der Waals surface area (Å²) in [7, 11) is 0. The van der Waals surface area contributed by atoms with Crippen LogP contribution in [0.25, 0.3) is 0 Å². The van der Waals surface area contributed by atoms with E-state index in [-0.39, 0.29) is 5.91 Å². The zero-order valence-corrected chi connectivity index (χ0v) is 8.21. The highest BCUT2D eigenvalue weighted by Gasteiger charge is 2.31. The van der Waals surface area contributed by atoms with Gasteiger partial charge in [0.05, 0.1) is 0 Å². The molecule has 0 aromatic heterocycles. The first-order chi connectivity index (χ1) is 5.69. The summed E-state index contributed by atoms with van der Waals surface area (Å²) in [5.74, 6) is 0.207. The third-order valence-corrected chi connectivity index (χ3v) is 2.64. The molecule has 0 radical (unpaired) electrons. The molecule has 1 rings (SSSR count). The van der Waals surface area contributed by atoms with Gasteiger partial charge in [-0.05, 0) is 13.1 Å². The van der Waals surface area contributed by atoms with Crippen molar-refractivity contribution in [3.63, 3.8) is 0 Å². The molecule has 0 N–H and O–H groups in total. The molecule has 1 aliphatic rings. The number of hydrogen-bond acceptors (Lipinski definition) is 2. The standard InChI is InChI=1S/C9H18N2O/c1-4-10(5-2)9-6-11(7-9)8(3)12/h9H,4-7H2,1-3H3. The number of carbonyl (C=O) groups excluding carboxylic acids is 1. The van der Waals surface area contributed by atoms with Crippen LogP contribution < -0.4 is 0 Å². The summed E-state index contributed by atoms with van der Waals surface area (Å²) in [4.78, 5) is 15.2. The number of rotatable bonds is 3. The van der Waals surface area contributed by atoms with E-state index in [9.17, 15) is 4.79 Å². The molecule has 70 valence electrons. The first kappa shape index (κ1) is 9.52. The Kier molecular flexibility index (Phi) is 3.09. The molecule has 12 heavy (non-hydrogen) atoms. The van der Waals surface area contributed by atoms with Crippen LogP contribution in [0.4, 0.5) is 0 Å². The van der Waals surface area contributed by atoms with Crippen molar-refractivity contribution in [2.75, 3.05) is 26.2 Å². The third-order valence-electron chi connectivity index (χ3n) is 2.64. The van der Waals surface area contributed by atoms with E-state index in [1.54, 1.807) is 6.92 Å². The summed E-state index contributed by atoms with van der Waals surface area (Å²) in [6.45, 7) is 10.0. The number of likely N-dealkylation sites (N-methyl/N-ethyl adjacent to an activating group) is 1. The van der Waals surface area contributed by atoms with Crippen molar-refractivity contribution in [2.45, 2.75) is 26.8 Å². The Morgan fingerprint density at radius 3 is 2.25 bits per heavy atom. The van der Waals surface area contributed by atoms with Crippen LogP contribution in [-0.4, -0.2) is 47.9 Å². The van der Waals surface area contributed by atoms with Gasteiger partial charge >= 0.3 is 0 Å². The summed E-state index contributed by atoms with van der Waals surface area (Å²) < 4.78 is 0. The monoisotopic (exact) mass is 170 g/mol. The number of hydrogen-bond donors (Lipinski definition) is 0. The van der Waals surface area contributed by atoms with E-state index >= 15 is 0 Å². The molecule has 0 atom stereocenters. The van der Waals surface area contributed by atoms with Crippen molar-refractivity contribution < 1.29 is 4.79 Å². The van der Waals surface area contributed by atoms with Crippen LogP contribution in [0, 0.1) is 0 Å². The van der Waals surface area contributed by atoms with E-state index in [1.165, 1.54) is 0 Å². The predicted octanol–water partition coefficient (Wildman–Crippen LogP) is 0.559. The van der Waals surface area contributed by atoms with Crippen molar-refractivity contribution >= 4 is 5.91 Å². The molecule has 0 aromatic rings. The fourth-order valence-electron chi connectivity index (χ4n) is 1.68.